The highest BCUT2D eigenvalue weighted by Gasteiger charge is 2.24. The van der Waals surface area contributed by atoms with Gasteiger partial charge in [-0.3, -0.25) is 0 Å². The lowest BCUT2D eigenvalue weighted by Gasteiger charge is -2.34. The smallest absolute Gasteiger partial charge is 0.119 e. The average Bonchev–Trinajstić information content (AvgIpc) is 2.67. The fourth-order valence-corrected chi connectivity index (χ4v) is 4.10. The van der Waals surface area contributed by atoms with Gasteiger partial charge < -0.3 is 19.7 Å². The van der Waals surface area contributed by atoms with Crippen LogP contribution in [0.25, 0.3) is 0 Å². The molecule has 4 nitrogen and oxygen atoms in total. The highest BCUT2D eigenvalue weighted by molar-refractivity contribution is 5.29. The minimum absolute atomic E-state index is 0.232. The van der Waals surface area contributed by atoms with Crippen molar-refractivity contribution in [1.29, 1.82) is 0 Å². The van der Waals surface area contributed by atoms with Crippen LogP contribution in [0.3, 0.4) is 0 Å². The molecular formula is C22H36N2O2. The van der Waals surface area contributed by atoms with Gasteiger partial charge in [0.15, 0.2) is 0 Å². The Labute approximate surface area is 159 Å². The third-order valence-electron chi connectivity index (χ3n) is 5.84. The number of piperidine rings is 1. The molecule has 26 heavy (non-hydrogen) atoms. The van der Waals surface area contributed by atoms with Gasteiger partial charge in [-0.05, 0) is 76.2 Å². The van der Waals surface area contributed by atoms with E-state index in [2.05, 4.69) is 55.3 Å². The number of nitrogens with zero attached hydrogens (tertiary/aromatic N) is 1. The molecule has 2 aliphatic rings. The molecule has 0 aromatic heterocycles. The number of nitrogens with one attached hydrogen (secondary N) is 1. The molecule has 0 spiro atoms. The van der Waals surface area contributed by atoms with Gasteiger partial charge in [0.2, 0.25) is 0 Å². The van der Waals surface area contributed by atoms with Gasteiger partial charge in [0, 0.05) is 25.7 Å². The summed E-state index contributed by atoms with van der Waals surface area (Å²) in [7, 11) is 0. The van der Waals surface area contributed by atoms with E-state index in [1.165, 1.54) is 12.0 Å². The Hall–Kier alpha value is -1.10. The van der Waals surface area contributed by atoms with Crippen LogP contribution in [0.5, 0.6) is 5.75 Å². The number of ether oxygens (including phenoxy) is 2. The summed E-state index contributed by atoms with van der Waals surface area (Å²) < 4.78 is 12.2. The van der Waals surface area contributed by atoms with Crippen LogP contribution in [0.15, 0.2) is 24.3 Å². The second kappa shape index (κ2) is 9.72. The van der Waals surface area contributed by atoms with Crippen LogP contribution in [-0.4, -0.2) is 49.8 Å². The predicted molar refractivity (Wildman–Crippen MR) is 107 cm³/mol. The molecule has 1 aromatic carbocycles. The predicted octanol–water partition coefficient (Wildman–Crippen LogP) is 4.02. The fraction of sp³-hybridized carbons (Fsp3) is 0.727. The summed E-state index contributed by atoms with van der Waals surface area (Å²) in [5, 5.41) is 3.48. The molecule has 0 bridgehead atoms. The highest BCUT2D eigenvalue weighted by Crippen LogP contribution is 2.32. The van der Waals surface area contributed by atoms with Crippen molar-refractivity contribution < 1.29 is 9.47 Å². The molecule has 2 saturated heterocycles. The van der Waals surface area contributed by atoms with Crippen molar-refractivity contribution in [3.05, 3.63) is 29.8 Å². The van der Waals surface area contributed by atoms with Crippen molar-refractivity contribution in [2.45, 2.75) is 64.7 Å². The van der Waals surface area contributed by atoms with Gasteiger partial charge in [0.05, 0.1) is 6.10 Å². The summed E-state index contributed by atoms with van der Waals surface area (Å²) in [6.07, 6.45) is 5.11. The van der Waals surface area contributed by atoms with Gasteiger partial charge in [-0.1, -0.05) is 19.1 Å². The second-order valence-corrected chi connectivity index (χ2v) is 8.07. The molecular weight excluding hydrogens is 324 g/mol. The van der Waals surface area contributed by atoms with Crippen LogP contribution >= 0.6 is 0 Å². The standard InChI is InChI=1S/C22H36N2O2/c1-4-23-16-18-11-14-25-22(15-18)19-5-7-20(8-6-19)26-21-9-12-24(13-10-21)17(2)3/h5-8,17-18,21-23H,4,9-16H2,1-3H3. The van der Waals surface area contributed by atoms with E-state index < -0.39 is 0 Å². The third-order valence-corrected chi connectivity index (χ3v) is 5.84. The van der Waals surface area contributed by atoms with Gasteiger partial charge in [-0.25, -0.2) is 0 Å². The highest BCUT2D eigenvalue weighted by atomic mass is 16.5. The molecule has 1 aromatic rings. The molecule has 0 radical (unpaired) electrons. The molecule has 0 amide bonds. The largest absolute Gasteiger partial charge is 0.490 e. The average molecular weight is 361 g/mol. The molecule has 0 saturated carbocycles. The van der Waals surface area contributed by atoms with E-state index in [9.17, 15) is 0 Å². The Morgan fingerprint density at radius 2 is 1.88 bits per heavy atom. The van der Waals surface area contributed by atoms with E-state index in [-0.39, 0.29) is 6.10 Å². The Bertz CT molecular complexity index is 523. The summed E-state index contributed by atoms with van der Waals surface area (Å²) in [5.74, 6) is 1.72. The molecule has 2 fully saturated rings. The Morgan fingerprint density at radius 3 is 2.54 bits per heavy atom. The minimum Gasteiger partial charge on any atom is -0.490 e. The topological polar surface area (TPSA) is 33.7 Å². The fourth-order valence-electron chi connectivity index (χ4n) is 4.10. The van der Waals surface area contributed by atoms with Gasteiger partial charge >= 0.3 is 0 Å². The van der Waals surface area contributed by atoms with Crippen LogP contribution < -0.4 is 10.1 Å². The summed E-state index contributed by atoms with van der Waals surface area (Å²) in [4.78, 5) is 2.53. The van der Waals surface area contributed by atoms with Crippen molar-refractivity contribution in [1.82, 2.24) is 10.2 Å². The zero-order valence-corrected chi connectivity index (χ0v) is 16.7. The maximum Gasteiger partial charge on any atom is 0.119 e. The summed E-state index contributed by atoms with van der Waals surface area (Å²) >= 11 is 0. The first kappa shape index (κ1) is 19.7. The monoisotopic (exact) mass is 360 g/mol. The molecule has 0 aliphatic carbocycles. The van der Waals surface area contributed by atoms with E-state index in [1.54, 1.807) is 0 Å². The molecule has 2 atom stereocenters. The Balaban J connectivity index is 1.49. The van der Waals surface area contributed by atoms with Crippen molar-refractivity contribution in [2.75, 3.05) is 32.8 Å². The SMILES string of the molecule is CCNCC1CCOC(c2ccc(OC3CCN(C(C)C)CC3)cc2)C1. The van der Waals surface area contributed by atoms with Crippen molar-refractivity contribution in [2.24, 2.45) is 5.92 Å². The van der Waals surface area contributed by atoms with E-state index >= 15 is 0 Å². The number of hydrogen-bond donors (Lipinski definition) is 1. The Morgan fingerprint density at radius 1 is 1.15 bits per heavy atom. The van der Waals surface area contributed by atoms with Gasteiger partial charge in [0.25, 0.3) is 0 Å². The molecule has 1 N–H and O–H groups in total. The first-order valence-electron chi connectivity index (χ1n) is 10.5. The van der Waals surface area contributed by atoms with Crippen LogP contribution in [-0.2, 0) is 4.74 Å². The first-order valence-corrected chi connectivity index (χ1v) is 10.5. The van der Waals surface area contributed by atoms with Gasteiger partial charge in [-0.15, -0.1) is 0 Å². The minimum atomic E-state index is 0.232. The molecule has 2 heterocycles. The zero-order chi connectivity index (χ0) is 18.4. The van der Waals surface area contributed by atoms with Crippen LogP contribution in [0.4, 0.5) is 0 Å². The number of hydrogen-bond acceptors (Lipinski definition) is 4. The van der Waals surface area contributed by atoms with Crippen LogP contribution in [0, 0.1) is 5.92 Å². The number of likely N-dealkylation sites (tertiary alicyclic amines) is 1. The maximum atomic E-state index is 6.22. The lowest BCUT2D eigenvalue weighted by molar-refractivity contribution is -0.00994. The summed E-state index contributed by atoms with van der Waals surface area (Å²) in [6, 6.07) is 9.28. The van der Waals surface area contributed by atoms with Crippen molar-refractivity contribution in [3.63, 3.8) is 0 Å². The van der Waals surface area contributed by atoms with E-state index in [0.717, 1.165) is 63.7 Å². The summed E-state index contributed by atoms with van der Waals surface area (Å²) in [5.41, 5.74) is 1.29. The molecule has 3 rings (SSSR count). The third kappa shape index (κ3) is 5.45. The van der Waals surface area contributed by atoms with E-state index in [4.69, 9.17) is 9.47 Å². The molecule has 4 heteroatoms. The van der Waals surface area contributed by atoms with Crippen LogP contribution in [0.1, 0.15) is 58.1 Å². The zero-order valence-electron chi connectivity index (χ0n) is 16.7. The lowest BCUT2D eigenvalue weighted by atomic mass is 9.92. The normalized spacial score (nSPS) is 25.5. The van der Waals surface area contributed by atoms with Gasteiger partial charge in [-0.2, -0.15) is 0 Å². The second-order valence-electron chi connectivity index (χ2n) is 8.07. The maximum absolute atomic E-state index is 6.22. The molecule has 2 aliphatic heterocycles. The molecule has 146 valence electrons. The summed E-state index contributed by atoms with van der Waals surface area (Å²) in [6.45, 7) is 12.0. The number of benzene rings is 1. The Kier molecular flexibility index (Phi) is 7.35. The lowest BCUT2D eigenvalue weighted by Crippen LogP contribution is -2.41. The molecule has 2 unspecified atom stereocenters. The van der Waals surface area contributed by atoms with E-state index in [1.807, 2.05) is 0 Å². The van der Waals surface area contributed by atoms with E-state index in [0.29, 0.717) is 12.1 Å². The van der Waals surface area contributed by atoms with Crippen molar-refractivity contribution >= 4 is 0 Å². The first-order chi connectivity index (χ1) is 12.7. The number of rotatable bonds is 7. The van der Waals surface area contributed by atoms with Gasteiger partial charge in [0.1, 0.15) is 11.9 Å². The van der Waals surface area contributed by atoms with Crippen LogP contribution in [0.2, 0.25) is 0 Å². The quantitative estimate of drug-likeness (QED) is 0.796. The van der Waals surface area contributed by atoms with Crippen molar-refractivity contribution in [3.8, 4) is 5.75 Å².